The predicted molar refractivity (Wildman–Crippen MR) is 123 cm³/mol. The highest BCUT2D eigenvalue weighted by molar-refractivity contribution is 5.76. The second-order valence-corrected chi connectivity index (χ2v) is 9.26. The van der Waals surface area contributed by atoms with Crippen molar-refractivity contribution in [2.45, 2.75) is 52.9 Å². The highest BCUT2D eigenvalue weighted by atomic mass is 16.2. The van der Waals surface area contributed by atoms with Crippen LogP contribution in [0.5, 0.6) is 0 Å². The number of hydrogen-bond acceptors (Lipinski definition) is 6. The molecule has 3 rings (SSSR count). The maximum Gasteiger partial charge on any atom is 0.222 e. The van der Waals surface area contributed by atoms with Gasteiger partial charge in [0.1, 0.15) is 18.0 Å². The molecule has 7 nitrogen and oxygen atoms in total. The van der Waals surface area contributed by atoms with Gasteiger partial charge in [0.25, 0.3) is 0 Å². The van der Waals surface area contributed by atoms with Crippen LogP contribution in [-0.4, -0.2) is 78.0 Å². The lowest BCUT2D eigenvalue weighted by molar-refractivity contribution is -0.133. The molecule has 1 N–H and O–H groups in total. The standard InChI is InChI=1S/C23H40N6O/c1-4-9-24-21-15-22(26-18-25-21)29-10-5-6-20(17-29)7-8-23(30)28-13-11-27(12-14-28)16-19(2)3/h15,18-20H,4-14,16-17H2,1-3H3,(H,24,25,26)/t20-/m1/s1. The van der Waals surface area contributed by atoms with E-state index in [0.717, 1.165) is 83.3 Å². The summed E-state index contributed by atoms with van der Waals surface area (Å²) < 4.78 is 0. The lowest BCUT2D eigenvalue weighted by Gasteiger charge is -2.36. The van der Waals surface area contributed by atoms with E-state index in [1.54, 1.807) is 6.33 Å². The number of amides is 1. The van der Waals surface area contributed by atoms with Crippen LogP contribution in [0.25, 0.3) is 0 Å². The molecule has 2 aliphatic rings. The largest absolute Gasteiger partial charge is 0.370 e. The van der Waals surface area contributed by atoms with Crippen molar-refractivity contribution in [3.05, 3.63) is 12.4 Å². The maximum absolute atomic E-state index is 12.7. The van der Waals surface area contributed by atoms with Gasteiger partial charge in [-0.2, -0.15) is 0 Å². The molecule has 3 heterocycles. The molecule has 0 spiro atoms. The molecule has 0 saturated carbocycles. The van der Waals surface area contributed by atoms with Gasteiger partial charge in [0.15, 0.2) is 0 Å². The lowest BCUT2D eigenvalue weighted by Crippen LogP contribution is -2.49. The third-order valence-electron chi connectivity index (χ3n) is 6.17. The monoisotopic (exact) mass is 416 g/mol. The van der Waals surface area contributed by atoms with Crippen LogP contribution in [0.15, 0.2) is 12.4 Å². The van der Waals surface area contributed by atoms with Gasteiger partial charge in [0, 0.05) is 64.8 Å². The van der Waals surface area contributed by atoms with Crippen molar-refractivity contribution < 1.29 is 4.79 Å². The molecule has 1 atom stereocenters. The van der Waals surface area contributed by atoms with E-state index in [0.29, 0.717) is 24.2 Å². The third-order valence-corrected chi connectivity index (χ3v) is 6.17. The van der Waals surface area contributed by atoms with Crippen LogP contribution in [-0.2, 0) is 4.79 Å². The lowest BCUT2D eigenvalue weighted by atomic mass is 9.93. The summed E-state index contributed by atoms with van der Waals surface area (Å²) in [4.78, 5) is 28.5. The topological polar surface area (TPSA) is 64.6 Å². The molecule has 0 unspecified atom stereocenters. The maximum atomic E-state index is 12.7. The van der Waals surface area contributed by atoms with Gasteiger partial charge in [0.2, 0.25) is 5.91 Å². The molecule has 1 aromatic rings. The molecule has 0 aliphatic carbocycles. The second kappa shape index (κ2) is 11.5. The molecule has 168 valence electrons. The number of piperidine rings is 1. The summed E-state index contributed by atoms with van der Waals surface area (Å²) in [6.45, 7) is 14.6. The summed E-state index contributed by atoms with van der Waals surface area (Å²) in [6.07, 6.45) is 6.75. The van der Waals surface area contributed by atoms with Crippen molar-refractivity contribution in [2.75, 3.05) is 62.6 Å². The smallest absolute Gasteiger partial charge is 0.222 e. The van der Waals surface area contributed by atoms with Gasteiger partial charge in [-0.1, -0.05) is 20.8 Å². The molecule has 0 aromatic carbocycles. The Morgan fingerprint density at radius 3 is 2.73 bits per heavy atom. The Hall–Kier alpha value is -1.89. The molecule has 0 radical (unpaired) electrons. The molecule has 2 aliphatic heterocycles. The fourth-order valence-electron chi connectivity index (χ4n) is 4.56. The van der Waals surface area contributed by atoms with Gasteiger partial charge >= 0.3 is 0 Å². The SMILES string of the molecule is CCCNc1cc(N2CCC[C@H](CCC(=O)N3CCN(CC(C)C)CC3)C2)ncn1. The average Bonchev–Trinajstić information content (AvgIpc) is 2.76. The molecule has 30 heavy (non-hydrogen) atoms. The van der Waals surface area contributed by atoms with E-state index in [4.69, 9.17) is 0 Å². The van der Waals surface area contributed by atoms with Gasteiger partial charge < -0.3 is 15.1 Å². The molecular weight excluding hydrogens is 376 g/mol. The first-order chi connectivity index (χ1) is 14.5. The fourth-order valence-corrected chi connectivity index (χ4v) is 4.56. The van der Waals surface area contributed by atoms with E-state index >= 15 is 0 Å². The van der Waals surface area contributed by atoms with E-state index < -0.39 is 0 Å². The van der Waals surface area contributed by atoms with Crippen LogP contribution in [0, 0.1) is 11.8 Å². The van der Waals surface area contributed by atoms with Crippen LogP contribution in [0.3, 0.4) is 0 Å². The Kier molecular flexibility index (Phi) is 8.73. The Bertz CT molecular complexity index is 659. The molecule has 0 bridgehead atoms. The fraction of sp³-hybridized carbons (Fsp3) is 0.783. The van der Waals surface area contributed by atoms with Gasteiger partial charge in [-0.05, 0) is 37.5 Å². The number of aromatic nitrogens is 2. The molecule has 1 amide bonds. The van der Waals surface area contributed by atoms with Crippen molar-refractivity contribution in [2.24, 2.45) is 11.8 Å². The van der Waals surface area contributed by atoms with Crippen LogP contribution in [0.1, 0.15) is 52.9 Å². The number of anilines is 2. The minimum Gasteiger partial charge on any atom is -0.370 e. The zero-order valence-electron chi connectivity index (χ0n) is 19.1. The number of piperazine rings is 1. The molecule has 1 aromatic heterocycles. The number of carbonyl (C=O) groups is 1. The molecule has 2 fully saturated rings. The number of hydrogen-bond donors (Lipinski definition) is 1. The minimum atomic E-state index is 0.337. The number of carbonyl (C=O) groups excluding carboxylic acids is 1. The molecule has 2 saturated heterocycles. The number of nitrogens with zero attached hydrogens (tertiary/aromatic N) is 5. The first-order valence-corrected chi connectivity index (χ1v) is 11.9. The normalized spacial score (nSPS) is 20.6. The number of rotatable bonds is 9. The average molecular weight is 417 g/mol. The van der Waals surface area contributed by atoms with E-state index in [1.165, 1.54) is 6.42 Å². The van der Waals surface area contributed by atoms with Crippen LogP contribution < -0.4 is 10.2 Å². The van der Waals surface area contributed by atoms with Crippen LogP contribution in [0.2, 0.25) is 0 Å². The zero-order valence-corrected chi connectivity index (χ0v) is 19.1. The van der Waals surface area contributed by atoms with Gasteiger partial charge in [-0.3, -0.25) is 9.69 Å². The summed E-state index contributed by atoms with van der Waals surface area (Å²) in [7, 11) is 0. The Balaban J connectivity index is 1.43. The Labute approximate surface area is 182 Å². The van der Waals surface area contributed by atoms with Gasteiger partial charge in [-0.25, -0.2) is 9.97 Å². The van der Waals surface area contributed by atoms with Crippen LogP contribution >= 0.6 is 0 Å². The Morgan fingerprint density at radius 2 is 2.00 bits per heavy atom. The third kappa shape index (κ3) is 6.83. The summed E-state index contributed by atoms with van der Waals surface area (Å²) in [5.74, 6) is 3.49. The summed E-state index contributed by atoms with van der Waals surface area (Å²) in [6, 6.07) is 2.06. The number of nitrogens with one attached hydrogen (secondary N) is 1. The molecular formula is C23H40N6O. The summed E-state index contributed by atoms with van der Waals surface area (Å²) in [5, 5.41) is 3.34. The second-order valence-electron chi connectivity index (χ2n) is 9.26. The van der Waals surface area contributed by atoms with Crippen LogP contribution in [0.4, 0.5) is 11.6 Å². The van der Waals surface area contributed by atoms with E-state index in [1.807, 2.05) is 0 Å². The van der Waals surface area contributed by atoms with Gasteiger partial charge in [0.05, 0.1) is 0 Å². The van der Waals surface area contributed by atoms with E-state index in [9.17, 15) is 4.79 Å². The summed E-state index contributed by atoms with van der Waals surface area (Å²) in [5.41, 5.74) is 0. The van der Waals surface area contributed by atoms with Crippen molar-refractivity contribution in [3.8, 4) is 0 Å². The van der Waals surface area contributed by atoms with Crippen molar-refractivity contribution in [1.29, 1.82) is 0 Å². The highest BCUT2D eigenvalue weighted by Crippen LogP contribution is 2.26. The summed E-state index contributed by atoms with van der Waals surface area (Å²) >= 11 is 0. The van der Waals surface area contributed by atoms with Crippen molar-refractivity contribution in [3.63, 3.8) is 0 Å². The van der Waals surface area contributed by atoms with Crippen molar-refractivity contribution in [1.82, 2.24) is 19.8 Å². The minimum absolute atomic E-state index is 0.337. The quantitative estimate of drug-likeness (QED) is 0.667. The van der Waals surface area contributed by atoms with E-state index in [2.05, 4.69) is 56.8 Å². The van der Waals surface area contributed by atoms with Gasteiger partial charge in [-0.15, -0.1) is 0 Å². The first kappa shape index (κ1) is 22.8. The first-order valence-electron chi connectivity index (χ1n) is 11.9. The van der Waals surface area contributed by atoms with Crippen molar-refractivity contribution >= 4 is 17.5 Å². The Morgan fingerprint density at radius 1 is 1.20 bits per heavy atom. The predicted octanol–water partition coefficient (Wildman–Crippen LogP) is 3.10. The molecule has 7 heteroatoms. The van der Waals surface area contributed by atoms with E-state index in [-0.39, 0.29) is 0 Å². The highest BCUT2D eigenvalue weighted by Gasteiger charge is 2.25. The zero-order chi connectivity index (χ0) is 21.3.